The summed E-state index contributed by atoms with van der Waals surface area (Å²) < 4.78 is 18.0. The summed E-state index contributed by atoms with van der Waals surface area (Å²) in [5.74, 6) is 0.496. The molecular formula is C17H18FN3O2S2. The molecule has 0 radical (unpaired) electrons. The van der Waals surface area contributed by atoms with Crippen molar-refractivity contribution in [3.8, 4) is 5.75 Å². The minimum atomic E-state index is -0.396. The molecule has 0 fully saturated rings. The van der Waals surface area contributed by atoms with E-state index in [1.807, 2.05) is 30.3 Å². The first-order valence-corrected chi connectivity index (χ1v) is 8.92. The Bertz CT molecular complexity index is 684. The van der Waals surface area contributed by atoms with Crippen molar-refractivity contribution in [2.75, 3.05) is 18.9 Å². The van der Waals surface area contributed by atoms with Crippen molar-refractivity contribution < 1.29 is 13.9 Å². The second-order valence-electron chi connectivity index (χ2n) is 4.83. The van der Waals surface area contributed by atoms with Gasteiger partial charge in [-0.1, -0.05) is 18.2 Å². The van der Waals surface area contributed by atoms with Crippen LogP contribution in [0.5, 0.6) is 5.75 Å². The topological polar surface area (TPSA) is 62.4 Å². The Labute approximate surface area is 155 Å². The molecule has 0 saturated heterocycles. The van der Waals surface area contributed by atoms with Gasteiger partial charge in [0.05, 0.1) is 0 Å². The number of hydrogen-bond donors (Lipinski definition) is 3. The number of benzene rings is 2. The summed E-state index contributed by atoms with van der Waals surface area (Å²) in [5.41, 5.74) is 5.02. The lowest BCUT2D eigenvalue weighted by Crippen LogP contribution is -2.48. The second-order valence-corrected chi connectivity index (χ2v) is 6.41. The molecule has 25 heavy (non-hydrogen) atoms. The standard InChI is InChI=1S/C17H18FN3O2S2/c18-13-6-8-14(9-7-13)23-12-16(22)20-21-17(24)19-10-11-25-15-4-2-1-3-5-15/h1-9H,10-12H2,(H,20,22)(H2,19,21,24). The summed E-state index contributed by atoms with van der Waals surface area (Å²) in [6, 6.07) is 15.5. The van der Waals surface area contributed by atoms with Crippen molar-refractivity contribution in [1.82, 2.24) is 16.2 Å². The highest BCUT2D eigenvalue weighted by Gasteiger charge is 2.03. The van der Waals surface area contributed by atoms with Crippen LogP contribution >= 0.6 is 24.0 Å². The van der Waals surface area contributed by atoms with Crippen molar-refractivity contribution in [1.29, 1.82) is 0 Å². The van der Waals surface area contributed by atoms with E-state index >= 15 is 0 Å². The largest absolute Gasteiger partial charge is 0.484 e. The zero-order valence-corrected chi connectivity index (χ0v) is 15.0. The molecule has 2 aromatic carbocycles. The van der Waals surface area contributed by atoms with Gasteiger partial charge in [-0.3, -0.25) is 15.6 Å². The van der Waals surface area contributed by atoms with E-state index in [4.69, 9.17) is 17.0 Å². The number of nitrogens with one attached hydrogen (secondary N) is 3. The molecule has 2 aromatic rings. The molecule has 0 saturated carbocycles. The van der Waals surface area contributed by atoms with Gasteiger partial charge < -0.3 is 10.1 Å². The molecule has 0 spiro atoms. The average molecular weight is 379 g/mol. The van der Waals surface area contributed by atoms with Crippen LogP contribution in [0.3, 0.4) is 0 Å². The third-order valence-corrected chi connectivity index (χ3v) is 4.16. The Balaban J connectivity index is 1.54. The summed E-state index contributed by atoms with van der Waals surface area (Å²) >= 11 is 6.78. The average Bonchev–Trinajstić information content (AvgIpc) is 2.64. The van der Waals surface area contributed by atoms with Crippen LogP contribution < -0.4 is 20.9 Å². The second kappa shape index (κ2) is 10.5. The molecule has 1 amide bonds. The molecule has 2 rings (SSSR count). The molecule has 0 bridgehead atoms. The van der Waals surface area contributed by atoms with Crippen molar-refractivity contribution in [3.05, 3.63) is 60.4 Å². The van der Waals surface area contributed by atoms with E-state index in [2.05, 4.69) is 16.2 Å². The Morgan fingerprint density at radius 3 is 2.52 bits per heavy atom. The maximum atomic E-state index is 12.8. The van der Waals surface area contributed by atoms with Gasteiger partial charge in [-0.15, -0.1) is 11.8 Å². The van der Waals surface area contributed by atoms with Crippen LogP contribution in [0, 0.1) is 5.82 Å². The van der Waals surface area contributed by atoms with E-state index in [-0.39, 0.29) is 12.4 Å². The number of halogens is 1. The minimum absolute atomic E-state index is 0.203. The summed E-state index contributed by atoms with van der Waals surface area (Å²) in [6.45, 7) is 0.457. The number of carbonyl (C=O) groups is 1. The number of ether oxygens (including phenoxy) is 1. The summed E-state index contributed by atoms with van der Waals surface area (Å²) in [6.07, 6.45) is 0. The number of hydrogen-bond acceptors (Lipinski definition) is 4. The van der Waals surface area contributed by atoms with Gasteiger partial charge in [0.15, 0.2) is 11.7 Å². The van der Waals surface area contributed by atoms with Gasteiger partial charge in [0.25, 0.3) is 5.91 Å². The monoisotopic (exact) mass is 379 g/mol. The fraction of sp³-hybridized carbons (Fsp3) is 0.176. The van der Waals surface area contributed by atoms with Gasteiger partial charge in [-0.25, -0.2) is 4.39 Å². The summed E-state index contributed by atoms with van der Waals surface area (Å²) in [5, 5.41) is 3.31. The van der Waals surface area contributed by atoms with Gasteiger partial charge in [0, 0.05) is 17.2 Å². The highest BCUT2D eigenvalue weighted by atomic mass is 32.2. The Morgan fingerprint density at radius 1 is 1.08 bits per heavy atom. The van der Waals surface area contributed by atoms with E-state index in [9.17, 15) is 9.18 Å². The molecule has 8 heteroatoms. The van der Waals surface area contributed by atoms with Gasteiger partial charge in [-0.05, 0) is 48.6 Å². The van der Waals surface area contributed by atoms with Gasteiger partial charge >= 0.3 is 0 Å². The zero-order chi connectivity index (χ0) is 17.9. The lowest BCUT2D eigenvalue weighted by Gasteiger charge is -2.12. The lowest BCUT2D eigenvalue weighted by atomic mass is 10.3. The van der Waals surface area contributed by atoms with Crippen molar-refractivity contribution in [2.24, 2.45) is 0 Å². The van der Waals surface area contributed by atoms with E-state index < -0.39 is 5.91 Å². The third kappa shape index (κ3) is 7.86. The first kappa shape index (κ1) is 19.0. The molecule has 132 valence electrons. The molecule has 5 nitrogen and oxygen atoms in total. The Hall–Kier alpha value is -2.32. The first-order valence-electron chi connectivity index (χ1n) is 7.52. The smallest absolute Gasteiger partial charge is 0.276 e. The fourth-order valence-corrected chi connectivity index (χ4v) is 2.68. The number of hydrazine groups is 1. The SMILES string of the molecule is O=C(COc1ccc(F)cc1)NNC(=S)NCCSc1ccccc1. The number of carbonyl (C=O) groups excluding carboxylic acids is 1. The van der Waals surface area contributed by atoms with Crippen LogP contribution in [0.15, 0.2) is 59.5 Å². The van der Waals surface area contributed by atoms with E-state index in [0.29, 0.717) is 17.4 Å². The van der Waals surface area contributed by atoms with Gasteiger partial charge in [0.1, 0.15) is 11.6 Å². The normalized spacial score (nSPS) is 9.96. The molecule has 0 aliphatic heterocycles. The number of rotatable bonds is 7. The van der Waals surface area contributed by atoms with Crippen LogP contribution in [-0.4, -0.2) is 29.9 Å². The predicted molar refractivity (Wildman–Crippen MR) is 101 cm³/mol. The number of amides is 1. The van der Waals surface area contributed by atoms with Crippen LogP contribution in [0.25, 0.3) is 0 Å². The van der Waals surface area contributed by atoms with Crippen LogP contribution in [0.1, 0.15) is 0 Å². The molecule has 0 aliphatic rings. The molecule has 3 N–H and O–H groups in total. The van der Waals surface area contributed by atoms with E-state index in [0.717, 1.165) is 5.75 Å². The molecular weight excluding hydrogens is 361 g/mol. The number of thiocarbonyl (C=S) groups is 1. The molecule has 0 atom stereocenters. The third-order valence-electron chi connectivity index (χ3n) is 2.90. The predicted octanol–water partition coefficient (Wildman–Crippen LogP) is 2.49. The first-order chi connectivity index (χ1) is 12.1. The maximum absolute atomic E-state index is 12.8. The van der Waals surface area contributed by atoms with Crippen molar-refractivity contribution in [3.63, 3.8) is 0 Å². The van der Waals surface area contributed by atoms with E-state index in [1.165, 1.54) is 29.2 Å². The Morgan fingerprint density at radius 2 is 1.80 bits per heavy atom. The highest BCUT2D eigenvalue weighted by molar-refractivity contribution is 7.99. The van der Waals surface area contributed by atoms with E-state index in [1.54, 1.807) is 11.8 Å². The summed E-state index contributed by atoms with van der Waals surface area (Å²) in [4.78, 5) is 12.8. The van der Waals surface area contributed by atoms with Gasteiger partial charge in [0.2, 0.25) is 0 Å². The van der Waals surface area contributed by atoms with Crippen molar-refractivity contribution in [2.45, 2.75) is 4.90 Å². The highest BCUT2D eigenvalue weighted by Crippen LogP contribution is 2.15. The van der Waals surface area contributed by atoms with Crippen LogP contribution in [0.4, 0.5) is 4.39 Å². The van der Waals surface area contributed by atoms with Crippen LogP contribution in [0.2, 0.25) is 0 Å². The lowest BCUT2D eigenvalue weighted by molar-refractivity contribution is -0.123. The molecule has 0 heterocycles. The Kier molecular flexibility index (Phi) is 8.00. The molecule has 0 aromatic heterocycles. The van der Waals surface area contributed by atoms with Crippen molar-refractivity contribution >= 4 is 35.0 Å². The maximum Gasteiger partial charge on any atom is 0.276 e. The quantitative estimate of drug-likeness (QED) is 0.297. The zero-order valence-electron chi connectivity index (χ0n) is 13.3. The number of thioether (sulfide) groups is 1. The fourth-order valence-electron chi connectivity index (χ4n) is 1.74. The minimum Gasteiger partial charge on any atom is -0.484 e. The van der Waals surface area contributed by atoms with Crippen LogP contribution in [-0.2, 0) is 4.79 Å². The summed E-state index contributed by atoms with van der Waals surface area (Å²) in [7, 11) is 0. The molecule has 0 unspecified atom stereocenters. The molecule has 0 aliphatic carbocycles. The van der Waals surface area contributed by atoms with Gasteiger partial charge in [-0.2, -0.15) is 0 Å².